The van der Waals surface area contributed by atoms with Gasteiger partial charge in [0.15, 0.2) is 0 Å². The quantitative estimate of drug-likeness (QED) is 0.605. The van der Waals surface area contributed by atoms with Crippen LogP contribution < -0.4 is 5.32 Å². The van der Waals surface area contributed by atoms with Crippen LogP contribution in [0.3, 0.4) is 0 Å². The minimum Gasteiger partial charge on any atom is -0.481 e. The lowest BCUT2D eigenvalue weighted by Crippen LogP contribution is -2.47. The fraction of sp³-hybridized carbons (Fsp3) is 0.778. The van der Waals surface area contributed by atoms with Gasteiger partial charge in [0.1, 0.15) is 0 Å². The fourth-order valence-corrected chi connectivity index (χ4v) is 1.86. The highest BCUT2D eigenvalue weighted by molar-refractivity contribution is 5.89. The third-order valence-corrected chi connectivity index (χ3v) is 2.85. The third kappa shape index (κ3) is 1.72. The molecule has 1 heterocycles. The Morgan fingerprint density at radius 3 is 2.36 bits per heavy atom. The zero-order valence-electron chi connectivity index (χ0n) is 7.90. The van der Waals surface area contributed by atoms with E-state index >= 15 is 0 Å². The SMILES string of the molecule is O=C(O)[C@H]1C[C@H]1C(=O)N1CCNCC1. The standard InChI is InChI=1S/C9H14N2O3/c12-8(6-5-7(6)9(13)14)11-3-1-10-2-4-11/h6-7,10H,1-5H2,(H,13,14)/t6-,7+/m1/s1. The number of carbonyl (C=O) groups is 2. The van der Waals surface area contributed by atoms with Crippen LogP contribution in [0.2, 0.25) is 0 Å². The van der Waals surface area contributed by atoms with Gasteiger partial charge in [-0.25, -0.2) is 0 Å². The molecule has 2 atom stereocenters. The van der Waals surface area contributed by atoms with Crippen molar-refractivity contribution < 1.29 is 14.7 Å². The second-order valence-corrected chi connectivity index (χ2v) is 3.86. The zero-order chi connectivity index (χ0) is 10.1. The van der Waals surface area contributed by atoms with Gasteiger partial charge in [-0.05, 0) is 6.42 Å². The molecule has 5 nitrogen and oxygen atoms in total. The van der Waals surface area contributed by atoms with Gasteiger partial charge in [0.2, 0.25) is 5.91 Å². The number of hydrogen-bond acceptors (Lipinski definition) is 3. The first-order valence-corrected chi connectivity index (χ1v) is 4.92. The Hall–Kier alpha value is -1.10. The van der Waals surface area contributed by atoms with E-state index in [1.165, 1.54) is 0 Å². The molecule has 0 radical (unpaired) electrons. The van der Waals surface area contributed by atoms with E-state index in [1.54, 1.807) is 4.90 Å². The number of rotatable bonds is 2. The van der Waals surface area contributed by atoms with E-state index in [1.807, 2.05) is 0 Å². The number of hydrogen-bond donors (Lipinski definition) is 2. The average molecular weight is 198 g/mol. The summed E-state index contributed by atoms with van der Waals surface area (Å²) in [4.78, 5) is 24.1. The van der Waals surface area contributed by atoms with Gasteiger partial charge in [0, 0.05) is 26.2 Å². The number of amides is 1. The van der Waals surface area contributed by atoms with E-state index in [4.69, 9.17) is 5.11 Å². The van der Waals surface area contributed by atoms with Crippen molar-refractivity contribution in [3.8, 4) is 0 Å². The van der Waals surface area contributed by atoms with Crippen LogP contribution in [0, 0.1) is 11.8 Å². The fourth-order valence-electron chi connectivity index (χ4n) is 1.86. The summed E-state index contributed by atoms with van der Waals surface area (Å²) in [6.07, 6.45) is 0.526. The Morgan fingerprint density at radius 1 is 1.21 bits per heavy atom. The molecule has 2 N–H and O–H groups in total. The molecule has 2 rings (SSSR count). The summed E-state index contributed by atoms with van der Waals surface area (Å²) in [5.74, 6) is -1.47. The van der Waals surface area contributed by atoms with E-state index in [2.05, 4.69) is 5.32 Å². The van der Waals surface area contributed by atoms with E-state index in [-0.39, 0.29) is 11.8 Å². The van der Waals surface area contributed by atoms with Crippen molar-refractivity contribution in [3.05, 3.63) is 0 Å². The molecule has 1 saturated carbocycles. The molecule has 0 spiro atoms. The van der Waals surface area contributed by atoms with Crippen LogP contribution in [0.1, 0.15) is 6.42 Å². The summed E-state index contributed by atoms with van der Waals surface area (Å²) in [5, 5.41) is 11.8. The van der Waals surface area contributed by atoms with Gasteiger partial charge in [-0.15, -0.1) is 0 Å². The van der Waals surface area contributed by atoms with Crippen molar-refractivity contribution in [2.75, 3.05) is 26.2 Å². The zero-order valence-corrected chi connectivity index (χ0v) is 7.90. The minimum atomic E-state index is -0.835. The predicted molar refractivity (Wildman–Crippen MR) is 48.7 cm³/mol. The largest absolute Gasteiger partial charge is 0.481 e. The maximum Gasteiger partial charge on any atom is 0.307 e. The Bertz CT molecular complexity index is 261. The van der Waals surface area contributed by atoms with Crippen molar-refractivity contribution >= 4 is 11.9 Å². The van der Waals surface area contributed by atoms with Crippen LogP contribution in [0.15, 0.2) is 0 Å². The Balaban J connectivity index is 1.87. The summed E-state index contributed by atoms with van der Waals surface area (Å²) in [7, 11) is 0. The number of piperazine rings is 1. The van der Waals surface area contributed by atoms with Crippen LogP contribution in [-0.4, -0.2) is 48.1 Å². The maximum absolute atomic E-state index is 11.7. The molecule has 0 aromatic heterocycles. The summed E-state index contributed by atoms with van der Waals surface area (Å²) in [6, 6.07) is 0. The second-order valence-electron chi connectivity index (χ2n) is 3.86. The topological polar surface area (TPSA) is 69.6 Å². The maximum atomic E-state index is 11.7. The smallest absolute Gasteiger partial charge is 0.307 e. The highest BCUT2D eigenvalue weighted by Crippen LogP contribution is 2.40. The summed E-state index contributed by atoms with van der Waals surface area (Å²) in [6.45, 7) is 3.05. The molecule has 2 fully saturated rings. The highest BCUT2D eigenvalue weighted by Gasteiger charge is 2.49. The lowest BCUT2D eigenvalue weighted by Gasteiger charge is -2.27. The number of carboxylic acids is 1. The van der Waals surface area contributed by atoms with Gasteiger partial charge < -0.3 is 15.3 Å². The van der Waals surface area contributed by atoms with Gasteiger partial charge in [-0.3, -0.25) is 9.59 Å². The third-order valence-electron chi connectivity index (χ3n) is 2.85. The molecular formula is C9H14N2O3. The predicted octanol–water partition coefficient (Wildman–Crippen LogP) is -0.861. The van der Waals surface area contributed by atoms with Gasteiger partial charge in [-0.1, -0.05) is 0 Å². The summed E-state index contributed by atoms with van der Waals surface area (Å²) in [5.41, 5.74) is 0. The average Bonchev–Trinajstić information content (AvgIpc) is 2.97. The molecule has 2 aliphatic rings. The van der Waals surface area contributed by atoms with Crippen LogP contribution >= 0.6 is 0 Å². The van der Waals surface area contributed by atoms with E-state index < -0.39 is 11.9 Å². The second kappa shape index (κ2) is 3.57. The van der Waals surface area contributed by atoms with Crippen LogP contribution in [0.5, 0.6) is 0 Å². The first kappa shape index (κ1) is 9.45. The first-order valence-electron chi connectivity index (χ1n) is 4.92. The Kier molecular flexibility index (Phi) is 2.41. The monoisotopic (exact) mass is 198 g/mol. The van der Waals surface area contributed by atoms with Gasteiger partial charge in [0.05, 0.1) is 11.8 Å². The lowest BCUT2D eigenvalue weighted by atomic mass is 10.2. The van der Waals surface area contributed by atoms with E-state index in [0.717, 1.165) is 13.1 Å². The number of aliphatic carboxylic acids is 1. The molecule has 78 valence electrons. The first-order chi connectivity index (χ1) is 6.70. The number of carboxylic acid groups (broad SMARTS) is 1. The Labute approximate surface area is 82.1 Å². The minimum absolute atomic E-state index is 0.0268. The van der Waals surface area contributed by atoms with Gasteiger partial charge in [-0.2, -0.15) is 0 Å². The molecule has 5 heteroatoms. The molecule has 1 saturated heterocycles. The molecule has 0 aromatic rings. The van der Waals surface area contributed by atoms with Crippen molar-refractivity contribution in [2.45, 2.75) is 6.42 Å². The summed E-state index contributed by atoms with van der Waals surface area (Å²) < 4.78 is 0. The molecular weight excluding hydrogens is 184 g/mol. The van der Waals surface area contributed by atoms with Crippen LogP contribution in [0.25, 0.3) is 0 Å². The molecule has 1 aliphatic carbocycles. The summed E-state index contributed by atoms with van der Waals surface area (Å²) >= 11 is 0. The lowest BCUT2D eigenvalue weighted by molar-refractivity contribution is -0.142. The van der Waals surface area contributed by atoms with E-state index in [0.29, 0.717) is 19.5 Å². The van der Waals surface area contributed by atoms with Crippen molar-refractivity contribution in [1.29, 1.82) is 0 Å². The molecule has 0 bridgehead atoms. The number of nitrogens with zero attached hydrogens (tertiary/aromatic N) is 1. The van der Waals surface area contributed by atoms with Crippen LogP contribution in [-0.2, 0) is 9.59 Å². The number of carbonyl (C=O) groups excluding carboxylic acids is 1. The molecule has 14 heavy (non-hydrogen) atoms. The van der Waals surface area contributed by atoms with Crippen molar-refractivity contribution in [1.82, 2.24) is 10.2 Å². The molecule has 1 aliphatic heterocycles. The highest BCUT2D eigenvalue weighted by atomic mass is 16.4. The molecule has 1 amide bonds. The van der Waals surface area contributed by atoms with Crippen molar-refractivity contribution in [3.63, 3.8) is 0 Å². The van der Waals surface area contributed by atoms with E-state index in [9.17, 15) is 9.59 Å². The normalized spacial score (nSPS) is 31.3. The number of nitrogens with one attached hydrogen (secondary N) is 1. The molecule has 0 unspecified atom stereocenters. The van der Waals surface area contributed by atoms with Gasteiger partial charge in [0.25, 0.3) is 0 Å². The van der Waals surface area contributed by atoms with Crippen molar-refractivity contribution in [2.24, 2.45) is 11.8 Å². The molecule has 0 aromatic carbocycles. The van der Waals surface area contributed by atoms with Gasteiger partial charge >= 0.3 is 5.97 Å². The van der Waals surface area contributed by atoms with Crippen LogP contribution in [0.4, 0.5) is 0 Å². The Morgan fingerprint density at radius 2 is 1.86 bits per heavy atom.